The highest BCUT2D eigenvalue weighted by molar-refractivity contribution is 7.90. The quantitative estimate of drug-likeness (QED) is 0.424. The molecule has 0 aliphatic rings. The summed E-state index contributed by atoms with van der Waals surface area (Å²) >= 11 is 0. The van der Waals surface area contributed by atoms with E-state index in [4.69, 9.17) is 0 Å². The summed E-state index contributed by atoms with van der Waals surface area (Å²) in [6.07, 6.45) is 22.8. The largest absolute Gasteiger partial charge is 0.356 e. The first kappa shape index (κ1) is 46.4. The van der Waals surface area contributed by atoms with Crippen LogP contribution in [0, 0.1) is 5.92 Å². The highest BCUT2D eigenvalue weighted by Crippen LogP contribution is 1.89. The third kappa shape index (κ3) is 78.9. The molecule has 2 aromatic rings. The Kier molecular flexibility index (Phi) is 33.9. The maximum Gasteiger partial charge on any atom is 0.223 e. The molecule has 2 aromatic heterocycles. The van der Waals surface area contributed by atoms with Gasteiger partial charge in [-0.15, -0.1) is 0 Å². The van der Waals surface area contributed by atoms with Crippen molar-refractivity contribution in [1.29, 1.82) is 0 Å². The Morgan fingerprint density at radius 1 is 0.674 bits per heavy atom. The molecule has 0 bridgehead atoms. The minimum atomic E-state index is -2.67. The van der Waals surface area contributed by atoms with Crippen molar-refractivity contribution in [2.24, 2.45) is 5.92 Å². The molecule has 0 saturated carbocycles. The predicted molar refractivity (Wildman–Crippen MR) is 176 cm³/mol. The van der Waals surface area contributed by atoms with Gasteiger partial charge < -0.3 is 10.6 Å². The van der Waals surface area contributed by atoms with Crippen LogP contribution < -0.4 is 10.6 Å². The van der Waals surface area contributed by atoms with Crippen LogP contribution in [-0.2, 0) is 29.3 Å². The number of nitrogens with zero attached hydrogens (tertiary/aromatic N) is 4. The molecule has 0 aromatic carbocycles. The summed E-state index contributed by atoms with van der Waals surface area (Å²) in [5.74, 6) is 0.731. The monoisotopic (exact) mass is 644 g/mol. The minimum absolute atomic E-state index is 0.0908. The Bertz CT molecular complexity index is 1040. The molecule has 2 N–H and O–H groups in total. The number of rotatable bonds is 7. The second-order valence-electron chi connectivity index (χ2n) is 9.56. The second-order valence-corrected chi connectivity index (χ2v) is 14.1. The summed E-state index contributed by atoms with van der Waals surface area (Å²) in [6, 6.07) is 3.80. The van der Waals surface area contributed by atoms with Crippen molar-refractivity contribution in [3.05, 3.63) is 73.9 Å². The fourth-order valence-corrected chi connectivity index (χ4v) is 1.73. The third-order valence-corrected chi connectivity index (χ3v) is 3.19. The number of allylic oxidation sites excluding steroid dienone is 2. The van der Waals surface area contributed by atoms with Gasteiger partial charge in [-0.05, 0) is 45.7 Å². The summed E-state index contributed by atoms with van der Waals surface area (Å²) in [6.45, 7) is 12.7. The zero-order chi connectivity index (χ0) is 34.2. The van der Waals surface area contributed by atoms with Crippen molar-refractivity contribution in [3.8, 4) is 0 Å². The molecule has 0 unspecified atom stereocenters. The number of carbonyl (C=O) groups is 2. The molecule has 0 fully saturated rings. The van der Waals surface area contributed by atoms with Crippen LogP contribution in [0.15, 0.2) is 73.9 Å². The second kappa shape index (κ2) is 31.4. The number of aromatic nitrogens is 4. The van der Waals surface area contributed by atoms with Crippen molar-refractivity contribution in [3.63, 3.8) is 0 Å². The highest BCUT2D eigenvalue weighted by atomic mass is 32.2. The molecule has 43 heavy (non-hydrogen) atoms. The lowest BCUT2D eigenvalue weighted by Crippen LogP contribution is -2.29. The average Bonchev–Trinajstić information content (AvgIpc) is 2.90. The van der Waals surface area contributed by atoms with Gasteiger partial charge in [-0.1, -0.05) is 38.2 Å². The standard InChI is InChI=1S/C9H17NO.C8H15NO.2C4H4N2.2C2H6O2S/c1-4-5-6-9(11)10-7-8(2)3;1-4-5-6-8(10)9-7(2)3;2*1-2-5-4-6-3-1;2*1-5(2,3)4/h4-5,8H,6-7H2,1-3H3,(H,10,11);4-5,7H,6H2,1-3H3,(H,9,10);2*1-4H;2*1-2H3/b2*5-4+;;;;. The van der Waals surface area contributed by atoms with E-state index in [0.717, 1.165) is 31.6 Å². The Morgan fingerprint density at radius 2 is 1.00 bits per heavy atom. The van der Waals surface area contributed by atoms with E-state index in [9.17, 15) is 26.4 Å². The minimum Gasteiger partial charge on any atom is -0.356 e. The van der Waals surface area contributed by atoms with Crippen molar-refractivity contribution in [2.45, 2.75) is 60.4 Å². The number of sulfone groups is 2. The Balaban J connectivity index is -0.000000218. The van der Waals surface area contributed by atoms with Crippen LogP contribution in [0.1, 0.15) is 54.4 Å². The number of carbonyl (C=O) groups excluding carboxylic acids is 2. The third-order valence-electron chi connectivity index (χ3n) is 3.19. The molecular formula is C29H52N6O6S2. The van der Waals surface area contributed by atoms with Gasteiger partial charge in [0, 0.05) is 75.2 Å². The fraction of sp³-hybridized carbons (Fsp3) is 0.517. The maximum absolute atomic E-state index is 10.9. The Hall–Kier alpha value is -3.52. The summed E-state index contributed by atoms with van der Waals surface area (Å²) in [4.78, 5) is 36.5. The van der Waals surface area contributed by atoms with E-state index >= 15 is 0 Å². The zero-order valence-electron chi connectivity index (χ0n) is 27.3. The number of hydrogen-bond acceptors (Lipinski definition) is 10. The van der Waals surface area contributed by atoms with E-state index in [1.165, 1.54) is 12.7 Å². The van der Waals surface area contributed by atoms with Gasteiger partial charge in [0.05, 0.1) is 0 Å². The summed E-state index contributed by atoms with van der Waals surface area (Å²) < 4.78 is 38.5. The molecule has 2 heterocycles. The van der Waals surface area contributed by atoms with Crippen molar-refractivity contribution >= 4 is 31.5 Å². The van der Waals surface area contributed by atoms with E-state index in [-0.39, 0.29) is 17.9 Å². The van der Waals surface area contributed by atoms with Crippen LogP contribution in [0.25, 0.3) is 0 Å². The lowest BCUT2D eigenvalue weighted by Gasteiger charge is -2.05. The molecule has 0 aliphatic carbocycles. The van der Waals surface area contributed by atoms with E-state index in [2.05, 4.69) is 44.4 Å². The van der Waals surface area contributed by atoms with Crippen LogP contribution in [0.2, 0.25) is 0 Å². The van der Waals surface area contributed by atoms with Crippen LogP contribution in [0.4, 0.5) is 0 Å². The fourth-order valence-electron chi connectivity index (χ4n) is 1.73. The molecule has 0 spiro atoms. The number of amides is 2. The van der Waals surface area contributed by atoms with Crippen LogP contribution >= 0.6 is 0 Å². The van der Waals surface area contributed by atoms with Gasteiger partial charge in [-0.3, -0.25) is 9.59 Å². The number of nitrogens with one attached hydrogen (secondary N) is 2. The summed E-state index contributed by atoms with van der Waals surface area (Å²) in [7, 11) is -5.33. The van der Waals surface area contributed by atoms with Gasteiger partial charge in [-0.25, -0.2) is 36.8 Å². The predicted octanol–water partition coefficient (Wildman–Crippen LogP) is 3.48. The molecule has 14 heteroatoms. The molecule has 246 valence electrons. The summed E-state index contributed by atoms with van der Waals surface area (Å²) in [5, 5.41) is 5.61. The maximum atomic E-state index is 10.9. The lowest BCUT2D eigenvalue weighted by atomic mass is 10.2. The van der Waals surface area contributed by atoms with E-state index in [1.54, 1.807) is 36.9 Å². The lowest BCUT2D eigenvalue weighted by molar-refractivity contribution is -0.121. The van der Waals surface area contributed by atoms with Gasteiger partial charge in [0.15, 0.2) is 0 Å². The molecule has 2 amide bonds. The first-order chi connectivity index (χ1) is 19.8. The van der Waals surface area contributed by atoms with Crippen molar-refractivity contribution < 1.29 is 26.4 Å². The highest BCUT2D eigenvalue weighted by Gasteiger charge is 1.98. The van der Waals surface area contributed by atoms with Gasteiger partial charge in [-0.2, -0.15) is 0 Å². The van der Waals surface area contributed by atoms with E-state index in [0.29, 0.717) is 18.8 Å². The van der Waals surface area contributed by atoms with Crippen LogP contribution in [0.3, 0.4) is 0 Å². The SMILES string of the molecule is C/C=C/CC(=O)NC(C)C.C/C=C/CC(=O)NCC(C)C.CS(C)(=O)=O.CS(C)(=O)=O.c1cncnc1.c1cncnc1. The normalized spacial score (nSPS) is 10.2. The molecular weight excluding hydrogens is 592 g/mol. The molecule has 0 aliphatic heterocycles. The number of hydrogen-bond donors (Lipinski definition) is 2. The molecule has 0 radical (unpaired) electrons. The van der Waals surface area contributed by atoms with Crippen LogP contribution in [0.5, 0.6) is 0 Å². The van der Waals surface area contributed by atoms with Crippen LogP contribution in [-0.4, -0.2) is 86.2 Å². The Labute approximate surface area is 259 Å². The zero-order valence-corrected chi connectivity index (χ0v) is 28.9. The smallest absolute Gasteiger partial charge is 0.223 e. The molecule has 2 rings (SSSR count). The summed E-state index contributed by atoms with van der Waals surface area (Å²) in [5.41, 5.74) is 0. The first-order valence-corrected chi connectivity index (χ1v) is 17.9. The molecule has 0 atom stereocenters. The first-order valence-electron chi connectivity index (χ1n) is 13.3. The average molecular weight is 645 g/mol. The van der Waals surface area contributed by atoms with Gasteiger partial charge in [0.2, 0.25) is 11.8 Å². The molecule has 12 nitrogen and oxygen atoms in total. The van der Waals surface area contributed by atoms with Gasteiger partial charge >= 0.3 is 0 Å². The van der Waals surface area contributed by atoms with Gasteiger partial charge in [0.25, 0.3) is 0 Å². The van der Waals surface area contributed by atoms with Crippen molar-refractivity contribution in [2.75, 3.05) is 31.6 Å². The van der Waals surface area contributed by atoms with E-state index < -0.39 is 19.7 Å². The topological polar surface area (TPSA) is 178 Å². The molecule has 0 saturated heterocycles. The van der Waals surface area contributed by atoms with Gasteiger partial charge in [0.1, 0.15) is 32.3 Å². The Morgan fingerprint density at radius 3 is 1.21 bits per heavy atom. The van der Waals surface area contributed by atoms with E-state index in [1.807, 2.05) is 52.0 Å². The van der Waals surface area contributed by atoms with Crippen molar-refractivity contribution in [1.82, 2.24) is 30.6 Å².